The number of rotatable bonds is 4. The smallest absolute Gasteiger partial charge is 0.360 e. The molecule has 0 aromatic heterocycles. The van der Waals surface area contributed by atoms with Crippen molar-refractivity contribution in [3.63, 3.8) is 0 Å². The van der Waals surface area contributed by atoms with Crippen molar-refractivity contribution < 1.29 is 22.9 Å². The van der Waals surface area contributed by atoms with E-state index in [1.165, 1.54) is 36.3 Å². The molecule has 3 atom stereocenters. The molecule has 1 aromatic carbocycles. The van der Waals surface area contributed by atoms with Crippen LogP contribution in [0.25, 0.3) is 0 Å². The number of piperazine rings is 1. The van der Waals surface area contributed by atoms with Crippen molar-refractivity contribution in [2.75, 3.05) is 31.1 Å². The molecule has 1 aliphatic carbocycles. The Morgan fingerprint density at radius 3 is 2.54 bits per heavy atom. The van der Waals surface area contributed by atoms with E-state index in [1.807, 2.05) is 11.8 Å². The van der Waals surface area contributed by atoms with Crippen LogP contribution in [0.3, 0.4) is 0 Å². The number of anilines is 1. The van der Waals surface area contributed by atoms with Gasteiger partial charge in [0.05, 0.1) is 31.7 Å². The first kappa shape index (κ1) is 21.0. The number of carbonyl (C=O) groups excluding carboxylic acids is 1. The number of halogens is 3. The van der Waals surface area contributed by atoms with Gasteiger partial charge >= 0.3 is 6.18 Å². The number of quaternary nitrogens is 1. The SMILES string of the molecule is C[C@H](C(=O)N[C@H]1CCCC[C@@H]1C)[NH+]1CCN(c2cccc(C(F)(F)F)c2)CC1. The van der Waals surface area contributed by atoms with Gasteiger partial charge in [0.15, 0.2) is 6.04 Å². The molecule has 2 fully saturated rings. The Morgan fingerprint density at radius 2 is 1.89 bits per heavy atom. The summed E-state index contributed by atoms with van der Waals surface area (Å²) in [7, 11) is 0. The van der Waals surface area contributed by atoms with E-state index in [2.05, 4.69) is 12.2 Å². The van der Waals surface area contributed by atoms with Crippen LogP contribution in [-0.2, 0) is 11.0 Å². The number of hydrogen-bond acceptors (Lipinski definition) is 2. The normalized spacial score (nSPS) is 25.4. The Morgan fingerprint density at radius 1 is 1.21 bits per heavy atom. The molecule has 1 heterocycles. The van der Waals surface area contributed by atoms with Crippen LogP contribution in [0, 0.1) is 5.92 Å². The van der Waals surface area contributed by atoms with Crippen LogP contribution in [0.2, 0.25) is 0 Å². The molecule has 28 heavy (non-hydrogen) atoms. The highest BCUT2D eigenvalue weighted by molar-refractivity contribution is 5.80. The molecule has 2 N–H and O–H groups in total. The summed E-state index contributed by atoms with van der Waals surface area (Å²) in [6, 6.07) is 5.63. The van der Waals surface area contributed by atoms with Crippen molar-refractivity contribution in [2.24, 2.45) is 5.92 Å². The Kier molecular flexibility index (Phi) is 6.53. The number of benzene rings is 1. The van der Waals surface area contributed by atoms with E-state index in [9.17, 15) is 18.0 Å². The monoisotopic (exact) mass is 398 g/mol. The summed E-state index contributed by atoms with van der Waals surface area (Å²) in [6.07, 6.45) is 0.310. The van der Waals surface area contributed by atoms with Gasteiger partial charge in [0, 0.05) is 11.7 Å². The minimum absolute atomic E-state index is 0.0984. The highest BCUT2D eigenvalue weighted by Crippen LogP contribution is 2.31. The molecule has 7 heteroatoms. The third-order valence-corrected chi connectivity index (χ3v) is 6.39. The fourth-order valence-electron chi connectivity index (χ4n) is 4.39. The van der Waals surface area contributed by atoms with Crippen molar-refractivity contribution in [1.29, 1.82) is 0 Å². The lowest BCUT2D eigenvalue weighted by molar-refractivity contribution is -0.914. The van der Waals surface area contributed by atoms with Gasteiger partial charge in [0.25, 0.3) is 5.91 Å². The summed E-state index contributed by atoms with van der Waals surface area (Å²) < 4.78 is 38.8. The number of carbonyl (C=O) groups is 1. The quantitative estimate of drug-likeness (QED) is 0.818. The molecule has 1 amide bonds. The highest BCUT2D eigenvalue weighted by atomic mass is 19.4. The lowest BCUT2D eigenvalue weighted by atomic mass is 9.86. The first-order valence-electron chi connectivity index (χ1n) is 10.3. The number of alkyl halides is 3. The average Bonchev–Trinajstić information content (AvgIpc) is 2.69. The molecule has 4 nitrogen and oxygen atoms in total. The minimum atomic E-state index is -4.33. The Balaban J connectivity index is 1.54. The molecular weight excluding hydrogens is 367 g/mol. The van der Waals surface area contributed by atoms with Crippen LogP contribution in [-0.4, -0.2) is 44.2 Å². The molecule has 0 bridgehead atoms. The number of nitrogens with one attached hydrogen (secondary N) is 2. The fourth-order valence-corrected chi connectivity index (χ4v) is 4.39. The summed E-state index contributed by atoms with van der Waals surface area (Å²) >= 11 is 0. The third-order valence-electron chi connectivity index (χ3n) is 6.39. The van der Waals surface area contributed by atoms with E-state index in [0.29, 0.717) is 24.7 Å². The molecule has 1 aromatic rings. The van der Waals surface area contributed by atoms with E-state index in [4.69, 9.17) is 0 Å². The van der Waals surface area contributed by atoms with E-state index in [0.717, 1.165) is 25.6 Å². The van der Waals surface area contributed by atoms with Crippen molar-refractivity contribution >= 4 is 11.6 Å². The van der Waals surface area contributed by atoms with Gasteiger partial charge in [-0.1, -0.05) is 25.8 Å². The van der Waals surface area contributed by atoms with Crippen molar-refractivity contribution in [3.8, 4) is 0 Å². The maximum absolute atomic E-state index is 12.9. The highest BCUT2D eigenvalue weighted by Gasteiger charge is 2.33. The van der Waals surface area contributed by atoms with E-state index in [-0.39, 0.29) is 18.0 Å². The van der Waals surface area contributed by atoms with E-state index < -0.39 is 11.7 Å². The molecule has 1 aliphatic heterocycles. The second-order valence-corrected chi connectivity index (χ2v) is 8.29. The first-order valence-corrected chi connectivity index (χ1v) is 10.3. The zero-order valence-electron chi connectivity index (χ0n) is 16.7. The summed E-state index contributed by atoms with van der Waals surface area (Å²) in [5.41, 5.74) is -0.0175. The van der Waals surface area contributed by atoms with Gasteiger partial charge in [0.2, 0.25) is 0 Å². The standard InChI is InChI=1S/C21H30F3N3O/c1-15-6-3-4-9-19(15)25-20(28)16(2)26-10-12-27(13-11-26)18-8-5-7-17(14-18)21(22,23)24/h5,7-8,14-16,19H,3-4,6,9-13H2,1-2H3,(H,25,28)/p+1/t15-,16+,19-/m0/s1. The van der Waals surface area contributed by atoms with Crippen LogP contribution in [0.1, 0.15) is 45.1 Å². The maximum Gasteiger partial charge on any atom is 0.416 e. The topological polar surface area (TPSA) is 36.8 Å². The molecule has 3 rings (SSSR count). The van der Waals surface area contributed by atoms with Crippen LogP contribution in [0.15, 0.2) is 24.3 Å². The van der Waals surface area contributed by atoms with Gasteiger partial charge in [-0.15, -0.1) is 0 Å². The summed E-state index contributed by atoms with van der Waals surface area (Å²) in [5, 5.41) is 3.23. The Hall–Kier alpha value is -1.76. The van der Waals surface area contributed by atoms with E-state index in [1.54, 1.807) is 6.07 Å². The van der Waals surface area contributed by atoms with Gasteiger partial charge in [-0.3, -0.25) is 4.79 Å². The van der Waals surface area contributed by atoms with Gasteiger partial charge in [-0.05, 0) is 43.9 Å². The van der Waals surface area contributed by atoms with Gasteiger partial charge < -0.3 is 15.1 Å². The van der Waals surface area contributed by atoms with Crippen molar-refractivity contribution in [2.45, 2.75) is 57.8 Å². The largest absolute Gasteiger partial charge is 0.416 e. The molecule has 0 spiro atoms. The molecule has 156 valence electrons. The maximum atomic E-state index is 12.9. The fraction of sp³-hybridized carbons (Fsp3) is 0.667. The lowest BCUT2D eigenvalue weighted by Crippen LogP contribution is -3.19. The van der Waals surface area contributed by atoms with Crippen LogP contribution in [0.5, 0.6) is 0 Å². The molecule has 0 radical (unpaired) electrons. The molecule has 1 saturated heterocycles. The molecular formula is C21H31F3N3O+. The summed E-state index contributed by atoms with van der Waals surface area (Å²) in [6.45, 7) is 6.94. The Labute approximate surface area is 165 Å². The van der Waals surface area contributed by atoms with Crippen molar-refractivity contribution in [1.82, 2.24) is 5.32 Å². The van der Waals surface area contributed by atoms with Crippen LogP contribution in [0.4, 0.5) is 18.9 Å². The van der Waals surface area contributed by atoms with Gasteiger partial charge in [-0.25, -0.2) is 0 Å². The second kappa shape index (κ2) is 8.72. The number of nitrogens with zero attached hydrogens (tertiary/aromatic N) is 1. The third kappa shape index (κ3) is 4.99. The predicted molar refractivity (Wildman–Crippen MR) is 103 cm³/mol. The average molecular weight is 398 g/mol. The van der Waals surface area contributed by atoms with Crippen LogP contribution >= 0.6 is 0 Å². The summed E-state index contributed by atoms with van der Waals surface area (Å²) in [5.74, 6) is 0.624. The van der Waals surface area contributed by atoms with Crippen LogP contribution < -0.4 is 15.1 Å². The minimum Gasteiger partial charge on any atom is -0.360 e. The first-order chi connectivity index (χ1) is 13.3. The Bertz CT molecular complexity index is 671. The number of amides is 1. The van der Waals surface area contributed by atoms with E-state index >= 15 is 0 Å². The lowest BCUT2D eigenvalue weighted by Gasteiger charge is -2.37. The molecule has 2 aliphatic rings. The van der Waals surface area contributed by atoms with Gasteiger partial charge in [0.1, 0.15) is 0 Å². The number of hydrogen-bond donors (Lipinski definition) is 2. The predicted octanol–water partition coefficient (Wildman–Crippen LogP) is 2.49. The zero-order valence-corrected chi connectivity index (χ0v) is 16.7. The zero-order chi connectivity index (χ0) is 20.3. The summed E-state index contributed by atoms with van der Waals surface area (Å²) in [4.78, 5) is 15.9. The molecule has 1 saturated carbocycles. The van der Waals surface area contributed by atoms with Gasteiger partial charge in [-0.2, -0.15) is 13.2 Å². The second-order valence-electron chi connectivity index (χ2n) is 8.29. The molecule has 0 unspecified atom stereocenters. The van der Waals surface area contributed by atoms with Crippen molar-refractivity contribution in [3.05, 3.63) is 29.8 Å².